The van der Waals surface area contributed by atoms with E-state index in [0.29, 0.717) is 22.0 Å². The normalized spacial score (nSPS) is 29.3. The first kappa shape index (κ1) is 25.8. The maximum Gasteiger partial charge on any atom is 0.200 e. The summed E-state index contributed by atoms with van der Waals surface area (Å²) in [6, 6.07) is 8.26. The van der Waals surface area contributed by atoms with Crippen molar-refractivity contribution >= 4 is 21.8 Å². The lowest BCUT2D eigenvalue weighted by Crippen LogP contribution is -2.60. The number of ether oxygens (including phenoxy) is 3. The minimum atomic E-state index is -2.03. The van der Waals surface area contributed by atoms with Crippen molar-refractivity contribution < 1.29 is 50.0 Å². The van der Waals surface area contributed by atoms with Crippen LogP contribution in [0.1, 0.15) is 5.56 Å². The third-order valence-electron chi connectivity index (χ3n) is 7.29. The molecule has 0 aliphatic carbocycles. The number of rotatable bonds is 6. The van der Waals surface area contributed by atoms with Crippen LogP contribution in [0.4, 0.5) is 0 Å². The van der Waals surface area contributed by atoms with Crippen molar-refractivity contribution in [1.29, 1.82) is 0 Å². The highest BCUT2D eigenvalue weighted by Crippen LogP contribution is 2.42. The molecule has 5 rings (SSSR count). The van der Waals surface area contributed by atoms with E-state index in [1.807, 2.05) is 0 Å². The van der Waals surface area contributed by atoms with Gasteiger partial charge < -0.3 is 54.5 Å². The Bertz CT molecular complexity index is 1390. The molecular weight excluding hydrogens is 490 g/mol. The summed E-state index contributed by atoms with van der Waals surface area (Å²) in [5, 5.41) is 72.1. The van der Waals surface area contributed by atoms with Crippen LogP contribution in [0.2, 0.25) is 0 Å². The topological polar surface area (TPSA) is 191 Å². The molecular formula is C25H29NO11. The van der Waals surface area contributed by atoms with Gasteiger partial charge in [0.05, 0.1) is 36.2 Å². The monoisotopic (exact) mass is 519 g/mol. The van der Waals surface area contributed by atoms with Gasteiger partial charge >= 0.3 is 0 Å². The zero-order valence-electron chi connectivity index (χ0n) is 19.9. The van der Waals surface area contributed by atoms with Crippen LogP contribution in [0.3, 0.4) is 0 Å². The van der Waals surface area contributed by atoms with Crippen molar-refractivity contribution in [2.45, 2.75) is 48.8 Å². The van der Waals surface area contributed by atoms with E-state index in [-0.39, 0.29) is 28.7 Å². The Morgan fingerprint density at radius 3 is 2.57 bits per heavy atom. The Labute approximate surface area is 210 Å². The second-order valence-electron chi connectivity index (χ2n) is 9.58. The average molecular weight is 520 g/mol. The maximum atomic E-state index is 13.2. The molecule has 0 bridgehead atoms. The van der Waals surface area contributed by atoms with E-state index in [0.717, 1.165) is 0 Å². The second-order valence-corrected chi connectivity index (χ2v) is 9.58. The summed E-state index contributed by atoms with van der Waals surface area (Å²) in [6.45, 7) is -2.09. The van der Waals surface area contributed by atoms with E-state index in [9.17, 15) is 40.5 Å². The molecule has 0 radical (unpaired) electrons. The molecule has 7 atom stereocenters. The van der Waals surface area contributed by atoms with Crippen molar-refractivity contribution in [2.24, 2.45) is 7.05 Å². The molecule has 0 amide bonds. The molecule has 0 saturated carbocycles. The van der Waals surface area contributed by atoms with Gasteiger partial charge in [-0.3, -0.25) is 4.79 Å². The number of nitrogens with zero attached hydrogens (tertiary/aromatic N) is 1. The summed E-state index contributed by atoms with van der Waals surface area (Å²) in [6.07, 6.45) is -8.69. The van der Waals surface area contributed by atoms with Gasteiger partial charge in [0.2, 0.25) is 5.43 Å². The molecule has 2 aromatic carbocycles. The van der Waals surface area contributed by atoms with Crippen molar-refractivity contribution in [2.75, 3.05) is 19.8 Å². The first-order chi connectivity index (χ1) is 17.6. The van der Waals surface area contributed by atoms with Gasteiger partial charge in [-0.15, -0.1) is 0 Å². The van der Waals surface area contributed by atoms with Crippen LogP contribution in [0.15, 0.2) is 35.1 Å². The number of hydrogen-bond donors (Lipinski definition) is 7. The zero-order chi connectivity index (χ0) is 26.6. The molecule has 7 N–H and O–H groups in total. The molecule has 3 aromatic rings. The van der Waals surface area contributed by atoms with E-state index >= 15 is 0 Å². The fraction of sp³-hybridized carbons (Fsp3) is 0.480. The Balaban J connectivity index is 1.46. The van der Waals surface area contributed by atoms with Gasteiger partial charge in [0.1, 0.15) is 47.6 Å². The van der Waals surface area contributed by atoms with Crippen LogP contribution in [-0.4, -0.2) is 103 Å². The number of benzene rings is 2. The van der Waals surface area contributed by atoms with E-state index < -0.39 is 62.2 Å². The standard InChI is InChI=1S/C25H29NO11/c1-26-13-5-3-2-4-11(13)20(30)18-14(29)7-15-12(19(18)26)6-17(36-15)25(34,9-28)10-35-24-23(33)22(32)21(31)16(8-27)37-24/h2-5,7,16-17,21-24,27-29,31-34H,6,8-10H2,1H3/t16-,17+,21-,22-,23+,24+,25-/m1/s1. The predicted molar refractivity (Wildman–Crippen MR) is 128 cm³/mol. The fourth-order valence-corrected chi connectivity index (χ4v) is 5.13. The fourth-order valence-electron chi connectivity index (χ4n) is 5.13. The lowest BCUT2D eigenvalue weighted by Gasteiger charge is -2.41. The number of para-hydroxylation sites is 1. The highest BCUT2D eigenvalue weighted by atomic mass is 16.7. The first-order valence-electron chi connectivity index (χ1n) is 11.8. The van der Waals surface area contributed by atoms with Crippen molar-refractivity contribution in [3.05, 3.63) is 46.1 Å². The number of phenolic OH excluding ortho intramolecular Hbond substituents is 1. The van der Waals surface area contributed by atoms with Crippen molar-refractivity contribution in [3.63, 3.8) is 0 Å². The van der Waals surface area contributed by atoms with E-state index in [4.69, 9.17) is 14.2 Å². The number of aromatic nitrogens is 1. The number of aryl methyl sites for hydroxylation is 1. The number of aromatic hydroxyl groups is 1. The number of fused-ring (bicyclic) bond motifs is 4. The average Bonchev–Trinajstić information content (AvgIpc) is 3.33. The molecule has 1 aromatic heterocycles. The van der Waals surface area contributed by atoms with Gasteiger partial charge in [0.25, 0.3) is 0 Å². The van der Waals surface area contributed by atoms with Crippen LogP contribution in [-0.2, 0) is 22.9 Å². The van der Waals surface area contributed by atoms with E-state index in [2.05, 4.69) is 0 Å². The van der Waals surface area contributed by atoms with Crippen LogP contribution < -0.4 is 10.2 Å². The molecule has 2 aliphatic heterocycles. The van der Waals surface area contributed by atoms with Gasteiger partial charge in [0.15, 0.2) is 6.29 Å². The predicted octanol–water partition coefficient (Wildman–Crippen LogP) is -1.76. The quantitative estimate of drug-likeness (QED) is 0.183. The third-order valence-corrected chi connectivity index (χ3v) is 7.29. The van der Waals surface area contributed by atoms with Crippen molar-refractivity contribution in [3.8, 4) is 11.5 Å². The van der Waals surface area contributed by atoms with Gasteiger partial charge in [-0.1, -0.05) is 12.1 Å². The zero-order valence-corrected chi connectivity index (χ0v) is 19.9. The summed E-state index contributed by atoms with van der Waals surface area (Å²) in [7, 11) is 1.75. The van der Waals surface area contributed by atoms with Gasteiger partial charge in [-0.05, 0) is 12.1 Å². The van der Waals surface area contributed by atoms with Gasteiger partial charge in [-0.2, -0.15) is 0 Å². The molecule has 12 nitrogen and oxygen atoms in total. The molecule has 2 aliphatic rings. The minimum Gasteiger partial charge on any atom is -0.507 e. The Kier molecular flexibility index (Phi) is 6.63. The highest BCUT2D eigenvalue weighted by Gasteiger charge is 2.48. The number of hydrogen-bond acceptors (Lipinski definition) is 11. The molecule has 1 fully saturated rings. The largest absolute Gasteiger partial charge is 0.507 e. The second kappa shape index (κ2) is 9.49. The number of phenols is 1. The van der Waals surface area contributed by atoms with Gasteiger partial charge in [0, 0.05) is 30.5 Å². The number of pyridine rings is 1. The molecule has 0 spiro atoms. The molecule has 200 valence electrons. The van der Waals surface area contributed by atoms with Crippen LogP contribution >= 0.6 is 0 Å². The van der Waals surface area contributed by atoms with Crippen LogP contribution in [0.5, 0.6) is 11.5 Å². The van der Waals surface area contributed by atoms with E-state index in [1.165, 1.54) is 6.07 Å². The highest BCUT2D eigenvalue weighted by molar-refractivity contribution is 5.99. The first-order valence-corrected chi connectivity index (χ1v) is 11.8. The summed E-state index contributed by atoms with van der Waals surface area (Å²) in [5.74, 6) is -0.0640. The molecule has 1 saturated heterocycles. The summed E-state index contributed by atoms with van der Waals surface area (Å²) in [4.78, 5) is 13.2. The van der Waals surface area contributed by atoms with E-state index in [1.54, 1.807) is 35.9 Å². The third kappa shape index (κ3) is 4.06. The van der Waals surface area contributed by atoms with Gasteiger partial charge in [-0.25, -0.2) is 0 Å². The Morgan fingerprint density at radius 2 is 1.86 bits per heavy atom. The molecule has 0 unspecified atom stereocenters. The lowest BCUT2D eigenvalue weighted by atomic mass is 9.93. The molecule has 12 heteroatoms. The maximum absolute atomic E-state index is 13.2. The Hall–Kier alpha value is -2.81. The Morgan fingerprint density at radius 1 is 1.14 bits per heavy atom. The van der Waals surface area contributed by atoms with Crippen LogP contribution in [0.25, 0.3) is 21.8 Å². The molecule has 3 heterocycles. The molecule has 37 heavy (non-hydrogen) atoms. The lowest BCUT2D eigenvalue weighted by molar-refractivity contribution is -0.312. The van der Waals surface area contributed by atoms with Crippen LogP contribution in [0, 0.1) is 0 Å². The minimum absolute atomic E-state index is 0.0484. The summed E-state index contributed by atoms with van der Waals surface area (Å²) in [5.41, 5.74) is -0.773. The van der Waals surface area contributed by atoms with Crippen molar-refractivity contribution in [1.82, 2.24) is 4.57 Å². The number of aliphatic hydroxyl groups excluding tert-OH is 5. The summed E-state index contributed by atoms with van der Waals surface area (Å²) >= 11 is 0. The number of aliphatic hydroxyl groups is 6. The SMILES string of the molecule is Cn1c2ccccc2c(=O)c2c(O)cc3c(c21)C[C@@H]([C@@](O)(CO)CO[C@H]1O[C@H](CO)[C@@H](O)[C@@H](O)[C@@H]1O)O3. The smallest absolute Gasteiger partial charge is 0.200 e. The summed E-state index contributed by atoms with van der Waals surface area (Å²) < 4.78 is 18.4.